The van der Waals surface area contributed by atoms with Gasteiger partial charge in [-0.15, -0.1) is 0 Å². The van der Waals surface area contributed by atoms with Crippen molar-refractivity contribution in [2.24, 2.45) is 0 Å². The molecule has 0 aliphatic heterocycles. The maximum absolute atomic E-state index is 5.88. The molecule has 4 nitrogen and oxygen atoms in total. The molecule has 0 bridgehead atoms. The van der Waals surface area contributed by atoms with Gasteiger partial charge in [0.2, 0.25) is 5.88 Å². The molecule has 3 N–H and O–H groups in total. The number of halogens is 1. The number of rotatable bonds is 3. The highest BCUT2D eigenvalue weighted by Gasteiger charge is 2.15. The molecule has 0 aliphatic carbocycles. The third-order valence-corrected chi connectivity index (χ3v) is 2.66. The first kappa shape index (κ1) is 14.5. The first-order chi connectivity index (χ1) is 9.33. The van der Waals surface area contributed by atoms with Gasteiger partial charge in [0.05, 0.1) is 5.69 Å². The van der Waals surface area contributed by atoms with Crippen LogP contribution in [0.25, 0.3) is 0 Å². The molecule has 0 saturated heterocycles. The van der Waals surface area contributed by atoms with Gasteiger partial charge in [-0.3, -0.25) is 0 Å². The first-order valence-corrected chi connectivity index (χ1v) is 6.69. The summed E-state index contributed by atoms with van der Waals surface area (Å²) in [6.45, 7) is 5.86. The Morgan fingerprint density at radius 1 is 1.10 bits per heavy atom. The largest absolute Gasteiger partial charge is 0.470 e. The lowest BCUT2D eigenvalue weighted by atomic mass is 10.2. The van der Waals surface area contributed by atoms with Crippen LogP contribution in [0.15, 0.2) is 36.4 Å². The standard InChI is InChI=1S/C15H18ClN3O/c1-15(2,3)20-14-12(17)8-9-13(19-14)18-11-6-4-10(16)5-7-11/h4-9H,17H2,1-3H3,(H,18,19). The summed E-state index contributed by atoms with van der Waals surface area (Å²) in [5.41, 5.74) is 6.94. The Labute approximate surface area is 123 Å². The Morgan fingerprint density at radius 2 is 1.75 bits per heavy atom. The predicted octanol–water partition coefficient (Wildman–Crippen LogP) is 4.24. The van der Waals surface area contributed by atoms with E-state index in [1.807, 2.05) is 45.0 Å². The van der Waals surface area contributed by atoms with Crippen molar-refractivity contribution in [2.45, 2.75) is 26.4 Å². The molecule has 0 atom stereocenters. The van der Waals surface area contributed by atoms with Crippen LogP contribution in [0.3, 0.4) is 0 Å². The Balaban J connectivity index is 2.20. The Morgan fingerprint density at radius 3 is 2.35 bits per heavy atom. The normalized spacial score (nSPS) is 11.2. The summed E-state index contributed by atoms with van der Waals surface area (Å²) in [7, 11) is 0. The van der Waals surface area contributed by atoms with Gasteiger partial charge in [-0.1, -0.05) is 11.6 Å². The summed E-state index contributed by atoms with van der Waals surface area (Å²) < 4.78 is 5.73. The molecule has 20 heavy (non-hydrogen) atoms. The van der Waals surface area contributed by atoms with E-state index in [-0.39, 0.29) is 5.60 Å². The highest BCUT2D eigenvalue weighted by atomic mass is 35.5. The van der Waals surface area contributed by atoms with Gasteiger partial charge < -0.3 is 15.8 Å². The number of hydrogen-bond acceptors (Lipinski definition) is 4. The van der Waals surface area contributed by atoms with Crippen molar-refractivity contribution in [3.05, 3.63) is 41.4 Å². The third kappa shape index (κ3) is 4.03. The maximum atomic E-state index is 5.88. The molecule has 2 rings (SSSR count). The number of nitrogens with zero attached hydrogens (tertiary/aromatic N) is 1. The van der Waals surface area contributed by atoms with Crippen LogP contribution in [-0.2, 0) is 0 Å². The molecule has 0 aliphatic rings. The van der Waals surface area contributed by atoms with Crippen LogP contribution in [0.1, 0.15) is 20.8 Å². The fourth-order valence-corrected chi connectivity index (χ4v) is 1.70. The molecule has 0 spiro atoms. The van der Waals surface area contributed by atoms with Gasteiger partial charge in [0.15, 0.2) is 0 Å². The van der Waals surface area contributed by atoms with Crippen LogP contribution >= 0.6 is 11.6 Å². The fraction of sp³-hybridized carbons (Fsp3) is 0.267. The van der Waals surface area contributed by atoms with E-state index >= 15 is 0 Å². The van der Waals surface area contributed by atoms with E-state index in [0.717, 1.165) is 5.69 Å². The average Bonchev–Trinajstić information content (AvgIpc) is 2.34. The molecular formula is C15H18ClN3O. The minimum atomic E-state index is -0.347. The molecule has 1 aromatic carbocycles. The lowest BCUT2D eigenvalue weighted by Gasteiger charge is -2.21. The SMILES string of the molecule is CC(C)(C)Oc1nc(Nc2ccc(Cl)cc2)ccc1N. The molecule has 0 fully saturated rings. The van der Waals surface area contributed by atoms with E-state index in [1.54, 1.807) is 12.1 Å². The summed E-state index contributed by atoms with van der Waals surface area (Å²) in [6, 6.07) is 11.0. The fourth-order valence-electron chi connectivity index (χ4n) is 1.57. The Hall–Kier alpha value is -1.94. The van der Waals surface area contributed by atoms with Gasteiger partial charge in [-0.05, 0) is 57.2 Å². The van der Waals surface area contributed by atoms with Crippen molar-refractivity contribution in [2.75, 3.05) is 11.1 Å². The van der Waals surface area contributed by atoms with E-state index < -0.39 is 0 Å². The van der Waals surface area contributed by atoms with E-state index in [1.165, 1.54) is 0 Å². The Bertz CT molecular complexity index is 591. The Kier molecular flexibility index (Phi) is 4.04. The van der Waals surface area contributed by atoms with Crippen LogP contribution in [0, 0.1) is 0 Å². The molecule has 106 valence electrons. The lowest BCUT2D eigenvalue weighted by Crippen LogP contribution is -2.24. The minimum Gasteiger partial charge on any atom is -0.470 e. The molecule has 5 heteroatoms. The zero-order chi connectivity index (χ0) is 14.8. The number of nitrogen functional groups attached to an aromatic ring is 1. The van der Waals surface area contributed by atoms with Crippen LogP contribution in [0.5, 0.6) is 5.88 Å². The number of nitrogens with one attached hydrogen (secondary N) is 1. The summed E-state index contributed by atoms with van der Waals surface area (Å²) in [4.78, 5) is 4.38. The first-order valence-electron chi connectivity index (χ1n) is 6.32. The van der Waals surface area contributed by atoms with E-state index in [2.05, 4.69) is 10.3 Å². The van der Waals surface area contributed by atoms with Gasteiger partial charge in [0.25, 0.3) is 0 Å². The molecule has 0 amide bonds. The number of aromatic nitrogens is 1. The number of nitrogens with two attached hydrogens (primary N) is 1. The quantitative estimate of drug-likeness (QED) is 0.888. The highest BCUT2D eigenvalue weighted by Crippen LogP contribution is 2.26. The maximum Gasteiger partial charge on any atom is 0.239 e. The lowest BCUT2D eigenvalue weighted by molar-refractivity contribution is 0.125. The molecular weight excluding hydrogens is 274 g/mol. The summed E-state index contributed by atoms with van der Waals surface area (Å²) in [5, 5.41) is 3.87. The van der Waals surface area contributed by atoms with Crippen molar-refractivity contribution in [1.82, 2.24) is 4.98 Å². The van der Waals surface area contributed by atoms with Crippen LogP contribution < -0.4 is 15.8 Å². The molecule has 2 aromatic rings. The van der Waals surface area contributed by atoms with Crippen molar-refractivity contribution in [3.8, 4) is 5.88 Å². The second-order valence-corrected chi connectivity index (χ2v) is 5.87. The van der Waals surface area contributed by atoms with Gasteiger partial charge in [-0.2, -0.15) is 4.98 Å². The van der Waals surface area contributed by atoms with Crippen molar-refractivity contribution in [3.63, 3.8) is 0 Å². The number of ether oxygens (including phenoxy) is 1. The van der Waals surface area contributed by atoms with Crippen LogP contribution in [-0.4, -0.2) is 10.6 Å². The smallest absolute Gasteiger partial charge is 0.239 e. The predicted molar refractivity (Wildman–Crippen MR) is 83.8 cm³/mol. The number of pyridine rings is 1. The van der Waals surface area contributed by atoms with Crippen molar-refractivity contribution >= 4 is 28.8 Å². The average molecular weight is 292 g/mol. The number of hydrogen-bond donors (Lipinski definition) is 2. The molecule has 1 aromatic heterocycles. The van der Waals surface area contributed by atoms with Gasteiger partial charge in [0.1, 0.15) is 11.4 Å². The van der Waals surface area contributed by atoms with E-state index in [0.29, 0.717) is 22.4 Å². The second-order valence-electron chi connectivity index (χ2n) is 5.44. The summed E-state index contributed by atoms with van der Waals surface area (Å²) in [6.07, 6.45) is 0. The van der Waals surface area contributed by atoms with Gasteiger partial charge >= 0.3 is 0 Å². The van der Waals surface area contributed by atoms with Gasteiger partial charge in [0, 0.05) is 10.7 Å². The monoisotopic (exact) mass is 291 g/mol. The number of benzene rings is 1. The zero-order valence-corrected chi connectivity index (χ0v) is 12.5. The second kappa shape index (κ2) is 5.59. The van der Waals surface area contributed by atoms with Crippen LogP contribution in [0.4, 0.5) is 17.2 Å². The summed E-state index contributed by atoms with van der Waals surface area (Å²) >= 11 is 5.85. The zero-order valence-electron chi connectivity index (χ0n) is 11.8. The molecule has 0 radical (unpaired) electrons. The molecule has 0 saturated carbocycles. The van der Waals surface area contributed by atoms with E-state index in [4.69, 9.17) is 22.1 Å². The van der Waals surface area contributed by atoms with Crippen molar-refractivity contribution in [1.29, 1.82) is 0 Å². The number of anilines is 3. The third-order valence-electron chi connectivity index (χ3n) is 2.41. The van der Waals surface area contributed by atoms with Crippen molar-refractivity contribution < 1.29 is 4.74 Å². The summed E-state index contributed by atoms with van der Waals surface area (Å²) in [5.74, 6) is 1.09. The van der Waals surface area contributed by atoms with Gasteiger partial charge in [-0.25, -0.2) is 0 Å². The van der Waals surface area contributed by atoms with Crippen LogP contribution in [0.2, 0.25) is 5.02 Å². The molecule has 1 heterocycles. The topological polar surface area (TPSA) is 60.2 Å². The molecule has 0 unspecified atom stereocenters. The highest BCUT2D eigenvalue weighted by molar-refractivity contribution is 6.30. The van der Waals surface area contributed by atoms with E-state index in [9.17, 15) is 0 Å². The minimum absolute atomic E-state index is 0.347.